The van der Waals surface area contributed by atoms with Gasteiger partial charge in [-0.2, -0.15) is 4.98 Å². The van der Waals surface area contributed by atoms with Gasteiger partial charge >= 0.3 is 0 Å². The van der Waals surface area contributed by atoms with E-state index in [0.29, 0.717) is 29.6 Å². The van der Waals surface area contributed by atoms with Gasteiger partial charge in [-0.25, -0.2) is 4.98 Å². The maximum Gasteiger partial charge on any atom is 0.225 e. The van der Waals surface area contributed by atoms with E-state index in [0.717, 1.165) is 4.60 Å². The summed E-state index contributed by atoms with van der Waals surface area (Å²) in [4.78, 5) is 8.58. The highest BCUT2D eigenvalue weighted by Crippen LogP contribution is 2.32. The predicted molar refractivity (Wildman–Crippen MR) is 78.4 cm³/mol. The molecule has 0 aromatic carbocycles. The summed E-state index contributed by atoms with van der Waals surface area (Å²) in [7, 11) is 0. The lowest BCUT2D eigenvalue weighted by Crippen LogP contribution is -2.35. The molecule has 0 amide bonds. The Hall–Kier alpha value is -0.840. The highest BCUT2D eigenvalue weighted by molar-refractivity contribution is 9.10. The number of anilines is 2. The molecule has 4 nitrogen and oxygen atoms in total. The van der Waals surface area contributed by atoms with Gasteiger partial charge < -0.3 is 11.1 Å². The third-order valence-corrected chi connectivity index (χ3v) is 4.11. The van der Waals surface area contributed by atoms with Crippen molar-refractivity contribution in [3.05, 3.63) is 10.7 Å². The van der Waals surface area contributed by atoms with Gasteiger partial charge in [0, 0.05) is 12.1 Å². The maximum atomic E-state index is 5.74. The summed E-state index contributed by atoms with van der Waals surface area (Å²) in [5, 5.41) is 3.46. The molecule has 3 N–H and O–H groups in total. The third kappa shape index (κ3) is 3.34. The number of nitrogens with two attached hydrogens (primary N) is 1. The van der Waals surface area contributed by atoms with Crippen LogP contribution in [0.4, 0.5) is 11.8 Å². The molecule has 5 heteroatoms. The number of halogens is 1. The maximum absolute atomic E-state index is 5.74. The van der Waals surface area contributed by atoms with Gasteiger partial charge in [-0.1, -0.05) is 26.7 Å². The van der Waals surface area contributed by atoms with E-state index in [-0.39, 0.29) is 0 Å². The molecular formula is C13H21BrN4. The summed E-state index contributed by atoms with van der Waals surface area (Å²) in [6, 6.07) is 2.18. The minimum Gasteiger partial charge on any atom is -0.383 e. The SMILES string of the molecule is CC(C)C1CCCCC1Nc1nc(N)cc(Br)n1. The van der Waals surface area contributed by atoms with Crippen LogP contribution in [0.3, 0.4) is 0 Å². The standard InChI is InChI=1S/C13H21BrN4/c1-8(2)9-5-3-4-6-10(9)16-13-17-11(14)7-12(15)18-13/h7-10H,3-6H2,1-2H3,(H3,15,16,17,18). The van der Waals surface area contributed by atoms with Gasteiger partial charge in [-0.15, -0.1) is 0 Å². The Bertz CT molecular complexity index is 388. The fourth-order valence-corrected chi connectivity index (χ4v) is 3.20. The molecule has 1 heterocycles. The van der Waals surface area contributed by atoms with E-state index in [1.165, 1.54) is 25.7 Å². The minimum absolute atomic E-state index is 0.465. The first kappa shape index (κ1) is 13.6. The van der Waals surface area contributed by atoms with Crippen molar-refractivity contribution < 1.29 is 0 Å². The van der Waals surface area contributed by atoms with Crippen LogP contribution in [0.15, 0.2) is 10.7 Å². The molecule has 0 spiro atoms. The van der Waals surface area contributed by atoms with Crippen LogP contribution in [-0.2, 0) is 0 Å². The lowest BCUT2D eigenvalue weighted by atomic mass is 9.78. The number of nitrogens with zero attached hydrogens (tertiary/aromatic N) is 2. The lowest BCUT2D eigenvalue weighted by Gasteiger charge is -2.34. The highest BCUT2D eigenvalue weighted by Gasteiger charge is 2.27. The Morgan fingerprint density at radius 1 is 1.33 bits per heavy atom. The van der Waals surface area contributed by atoms with E-state index in [4.69, 9.17) is 5.73 Å². The number of aromatic nitrogens is 2. The van der Waals surface area contributed by atoms with E-state index >= 15 is 0 Å². The van der Waals surface area contributed by atoms with Crippen LogP contribution in [-0.4, -0.2) is 16.0 Å². The zero-order chi connectivity index (χ0) is 13.1. The molecule has 2 atom stereocenters. The molecule has 2 unspecified atom stereocenters. The van der Waals surface area contributed by atoms with Crippen LogP contribution in [0.2, 0.25) is 0 Å². The molecular weight excluding hydrogens is 292 g/mol. The van der Waals surface area contributed by atoms with Crippen molar-refractivity contribution in [2.75, 3.05) is 11.1 Å². The first-order chi connectivity index (χ1) is 8.56. The molecule has 1 aliphatic carbocycles. The van der Waals surface area contributed by atoms with Crippen molar-refractivity contribution in [3.63, 3.8) is 0 Å². The number of hydrogen-bond acceptors (Lipinski definition) is 4. The Balaban J connectivity index is 2.10. The molecule has 1 aromatic heterocycles. The van der Waals surface area contributed by atoms with Crippen molar-refractivity contribution in [2.45, 2.75) is 45.6 Å². The van der Waals surface area contributed by atoms with Crippen molar-refractivity contribution in [1.82, 2.24) is 9.97 Å². The molecule has 2 rings (SSSR count). The van der Waals surface area contributed by atoms with Gasteiger partial charge in [0.15, 0.2) is 0 Å². The van der Waals surface area contributed by atoms with Gasteiger partial charge in [-0.3, -0.25) is 0 Å². The second-order valence-corrected chi connectivity index (χ2v) is 6.19. The summed E-state index contributed by atoms with van der Waals surface area (Å²) < 4.78 is 0.731. The fourth-order valence-electron chi connectivity index (χ4n) is 2.80. The topological polar surface area (TPSA) is 63.8 Å². The normalized spacial score (nSPS) is 24.2. The summed E-state index contributed by atoms with van der Waals surface area (Å²) in [5.74, 6) is 2.52. The van der Waals surface area contributed by atoms with E-state index in [1.807, 2.05) is 0 Å². The molecule has 0 radical (unpaired) electrons. The molecule has 0 bridgehead atoms. The van der Waals surface area contributed by atoms with Crippen molar-refractivity contribution >= 4 is 27.7 Å². The van der Waals surface area contributed by atoms with Crippen LogP contribution in [0.5, 0.6) is 0 Å². The average molecular weight is 313 g/mol. The van der Waals surface area contributed by atoms with Gasteiger partial charge in [0.25, 0.3) is 0 Å². The molecule has 100 valence electrons. The van der Waals surface area contributed by atoms with E-state index in [1.54, 1.807) is 6.07 Å². The summed E-state index contributed by atoms with van der Waals surface area (Å²) in [6.07, 6.45) is 5.10. The summed E-state index contributed by atoms with van der Waals surface area (Å²) in [6.45, 7) is 4.58. The summed E-state index contributed by atoms with van der Waals surface area (Å²) in [5.41, 5.74) is 5.74. The van der Waals surface area contributed by atoms with Crippen LogP contribution >= 0.6 is 15.9 Å². The predicted octanol–water partition coefficient (Wildman–Crippen LogP) is 3.45. The molecule has 1 saturated carbocycles. The van der Waals surface area contributed by atoms with Gasteiger partial charge in [-0.05, 0) is 40.6 Å². The Kier molecular flexibility index (Phi) is 4.43. The van der Waals surface area contributed by atoms with Gasteiger partial charge in [0.2, 0.25) is 5.95 Å². The number of rotatable bonds is 3. The molecule has 1 fully saturated rings. The van der Waals surface area contributed by atoms with E-state index in [9.17, 15) is 0 Å². The monoisotopic (exact) mass is 312 g/mol. The zero-order valence-corrected chi connectivity index (χ0v) is 12.6. The molecule has 1 aliphatic rings. The average Bonchev–Trinajstić information content (AvgIpc) is 2.27. The van der Waals surface area contributed by atoms with Crippen molar-refractivity contribution in [3.8, 4) is 0 Å². The number of hydrogen-bond donors (Lipinski definition) is 2. The van der Waals surface area contributed by atoms with Crippen LogP contribution in [0.1, 0.15) is 39.5 Å². The van der Waals surface area contributed by atoms with E-state index < -0.39 is 0 Å². The largest absolute Gasteiger partial charge is 0.383 e. The summed E-state index contributed by atoms with van der Waals surface area (Å²) >= 11 is 3.35. The fraction of sp³-hybridized carbons (Fsp3) is 0.692. The first-order valence-electron chi connectivity index (χ1n) is 6.63. The smallest absolute Gasteiger partial charge is 0.225 e. The van der Waals surface area contributed by atoms with Gasteiger partial charge in [0.05, 0.1) is 0 Å². The van der Waals surface area contributed by atoms with Crippen LogP contribution in [0, 0.1) is 11.8 Å². The van der Waals surface area contributed by atoms with E-state index in [2.05, 4.69) is 45.1 Å². The molecule has 18 heavy (non-hydrogen) atoms. The quantitative estimate of drug-likeness (QED) is 0.839. The Morgan fingerprint density at radius 2 is 2.06 bits per heavy atom. The molecule has 0 saturated heterocycles. The second kappa shape index (κ2) is 5.87. The first-order valence-corrected chi connectivity index (χ1v) is 7.42. The number of nitrogen functional groups attached to an aromatic ring is 1. The molecule has 0 aliphatic heterocycles. The zero-order valence-electron chi connectivity index (χ0n) is 11.0. The van der Waals surface area contributed by atoms with Crippen LogP contribution in [0.25, 0.3) is 0 Å². The number of nitrogens with one attached hydrogen (secondary N) is 1. The lowest BCUT2D eigenvalue weighted by molar-refractivity contribution is 0.253. The van der Waals surface area contributed by atoms with Crippen molar-refractivity contribution in [2.24, 2.45) is 11.8 Å². The van der Waals surface area contributed by atoms with Gasteiger partial charge in [0.1, 0.15) is 10.4 Å². The highest BCUT2D eigenvalue weighted by atomic mass is 79.9. The Morgan fingerprint density at radius 3 is 2.72 bits per heavy atom. The Labute approximate surface area is 117 Å². The minimum atomic E-state index is 0.465. The van der Waals surface area contributed by atoms with Crippen molar-refractivity contribution in [1.29, 1.82) is 0 Å². The van der Waals surface area contributed by atoms with Crippen LogP contribution < -0.4 is 11.1 Å². The third-order valence-electron chi connectivity index (χ3n) is 3.70. The second-order valence-electron chi connectivity index (χ2n) is 5.38. The molecule has 1 aromatic rings.